The molecule has 0 amide bonds. The molecule has 0 spiro atoms. The fourth-order valence-electron chi connectivity index (χ4n) is 2.89. The van der Waals surface area contributed by atoms with E-state index < -0.39 is 0 Å². The van der Waals surface area contributed by atoms with Gasteiger partial charge in [0, 0.05) is 7.11 Å². The zero-order chi connectivity index (χ0) is 12.2. The fourth-order valence-corrected chi connectivity index (χ4v) is 2.89. The van der Waals surface area contributed by atoms with Gasteiger partial charge in [0.15, 0.2) is 0 Å². The summed E-state index contributed by atoms with van der Waals surface area (Å²) in [7, 11) is 1.89. The molecule has 1 heteroatoms. The summed E-state index contributed by atoms with van der Waals surface area (Å²) in [5.41, 5.74) is 0. The van der Waals surface area contributed by atoms with Crippen LogP contribution < -0.4 is 0 Å². The molecule has 0 heterocycles. The zero-order valence-corrected chi connectivity index (χ0v) is 11.9. The van der Waals surface area contributed by atoms with Crippen molar-refractivity contribution in [1.29, 1.82) is 0 Å². The lowest BCUT2D eigenvalue weighted by molar-refractivity contribution is 0.0832. The highest BCUT2D eigenvalue weighted by Gasteiger charge is 2.06. The monoisotopic (exact) mass is 240 g/mol. The van der Waals surface area contributed by atoms with E-state index in [1.165, 1.54) is 89.9 Å². The number of ether oxygens (including phenoxy) is 1. The molecule has 0 atom stereocenters. The first-order chi connectivity index (χ1) is 8.43. The molecule has 1 saturated carbocycles. The van der Waals surface area contributed by atoms with E-state index in [1.807, 2.05) is 7.11 Å². The number of methoxy groups -OCH3 is 1. The van der Waals surface area contributed by atoms with Gasteiger partial charge in [0.2, 0.25) is 0 Å². The SMILES string of the molecule is COC1CCCCCCCCCCCCCC1. The predicted octanol–water partition coefficient (Wildman–Crippen LogP) is 5.48. The molecule has 0 radical (unpaired) electrons. The summed E-state index contributed by atoms with van der Waals surface area (Å²) in [6.45, 7) is 0. The van der Waals surface area contributed by atoms with E-state index in [4.69, 9.17) is 4.74 Å². The van der Waals surface area contributed by atoms with Crippen LogP contribution in [0.5, 0.6) is 0 Å². The molecule has 1 aliphatic rings. The van der Waals surface area contributed by atoms with Gasteiger partial charge in [0.25, 0.3) is 0 Å². The molecule has 0 saturated heterocycles. The smallest absolute Gasteiger partial charge is 0.0571 e. The van der Waals surface area contributed by atoms with Crippen molar-refractivity contribution in [3.05, 3.63) is 0 Å². The van der Waals surface area contributed by atoms with Gasteiger partial charge in [-0.05, 0) is 12.8 Å². The minimum atomic E-state index is 0.542. The molecule has 0 aromatic carbocycles. The Morgan fingerprint density at radius 1 is 0.529 bits per heavy atom. The van der Waals surface area contributed by atoms with E-state index in [0.717, 1.165) is 0 Å². The van der Waals surface area contributed by atoms with E-state index in [-0.39, 0.29) is 0 Å². The molecule has 102 valence electrons. The Bertz CT molecular complexity index is 140. The Kier molecular flexibility index (Phi) is 9.78. The highest BCUT2D eigenvalue weighted by Crippen LogP contribution is 2.18. The Morgan fingerprint density at radius 2 is 0.824 bits per heavy atom. The summed E-state index contributed by atoms with van der Waals surface area (Å²) in [6, 6.07) is 0. The molecule has 0 aromatic heterocycles. The summed E-state index contributed by atoms with van der Waals surface area (Å²) >= 11 is 0. The van der Waals surface area contributed by atoms with Gasteiger partial charge in [-0.3, -0.25) is 0 Å². The van der Waals surface area contributed by atoms with Gasteiger partial charge < -0.3 is 4.74 Å². The van der Waals surface area contributed by atoms with Crippen LogP contribution in [0.2, 0.25) is 0 Å². The molecule has 1 rings (SSSR count). The first-order valence-electron chi connectivity index (χ1n) is 7.96. The minimum absolute atomic E-state index is 0.542. The molecule has 0 unspecified atom stereocenters. The second-order valence-corrected chi connectivity index (χ2v) is 5.68. The van der Waals surface area contributed by atoms with Crippen LogP contribution in [-0.2, 0) is 4.74 Å². The minimum Gasteiger partial charge on any atom is -0.381 e. The van der Waals surface area contributed by atoms with Gasteiger partial charge in [-0.25, -0.2) is 0 Å². The molecule has 0 aliphatic heterocycles. The maximum atomic E-state index is 5.58. The quantitative estimate of drug-likeness (QED) is 0.590. The van der Waals surface area contributed by atoms with E-state index in [1.54, 1.807) is 0 Å². The van der Waals surface area contributed by atoms with Crippen LogP contribution in [-0.4, -0.2) is 13.2 Å². The maximum Gasteiger partial charge on any atom is 0.0571 e. The molecule has 1 nitrogen and oxygen atoms in total. The first-order valence-corrected chi connectivity index (χ1v) is 7.96. The standard InChI is InChI=1S/C16H32O/c1-17-16-14-12-10-8-6-4-2-3-5-7-9-11-13-15-16/h16H,2-15H2,1H3. The van der Waals surface area contributed by atoms with Crippen LogP contribution in [0.15, 0.2) is 0 Å². The van der Waals surface area contributed by atoms with Crippen molar-refractivity contribution in [1.82, 2.24) is 0 Å². The highest BCUT2D eigenvalue weighted by molar-refractivity contribution is 4.60. The highest BCUT2D eigenvalue weighted by atomic mass is 16.5. The van der Waals surface area contributed by atoms with Crippen molar-refractivity contribution in [2.45, 2.75) is 96.0 Å². The second-order valence-electron chi connectivity index (χ2n) is 5.68. The summed E-state index contributed by atoms with van der Waals surface area (Å²) in [5, 5.41) is 0. The summed E-state index contributed by atoms with van der Waals surface area (Å²) in [4.78, 5) is 0. The zero-order valence-electron chi connectivity index (χ0n) is 11.9. The van der Waals surface area contributed by atoms with Gasteiger partial charge >= 0.3 is 0 Å². The first kappa shape index (κ1) is 15.0. The number of hydrogen-bond donors (Lipinski definition) is 0. The van der Waals surface area contributed by atoms with Gasteiger partial charge in [0.05, 0.1) is 6.10 Å². The Balaban J connectivity index is 2.16. The Labute approximate surface area is 108 Å². The molecular weight excluding hydrogens is 208 g/mol. The Morgan fingerprint density at radius 3 is 1.12 bits per heavy atom. The molecule has 1 aliphatic carbocycles. The van der Waals surface area contributed by atoms with Crippen LogP contribution in [0.3, 0.4) is 0 Å². The third kappa shape index (κ3) is 8.65. The maximum absolute atomic E-state index is 5.58. The van der Waals surface area contributed by atoms with Crippen molar-refractivity contribution in [3.8, 4) is 0 Å². The Hall–Kier alpha value is -0.0400. The predicted molar refractivity (Wildman–Crippen MR) is 75.4 cm³/mol. The third-order valence-corrected chi connectivity index (χ3v) is 4.14. The van der Waals surface area contributed by atoms with Crippen LogP contribution in [0.25, 0.3) is 0 Å². The topological polar surface area (TPSA) is 9.23 Å². The largest absolute Gasteiger partial charge is 0.381 e. The van der Waals surface area contributed by atoms with E-state index in [0.29, 0.717) is 6.10 Å². The van der Waals surface area contributed by atoms with Crippen molar-refractivity contribution < 1.29 is 4.74 Å². The van der Waals surface area contributed by atoms with Crippen LogP contribution >= 0.6 is 0 Å². The normalized spacial score (nSPS) is 23.8. The number of rotatable bonds is 1. The molecule has 1 fully saturated rings. The third-order valence-electron chi connectivity index (χ3n) is 4.14. The van der Waals surface area contributed by atoms with Gasteiger partial charge in [-0.1, -0.05) is 77.0 Å². The number of hydrogen-bond acceptors (Lipinski definition) is 1. The van der Waals surface area contributed by atoms with Crippen LogP contribution in [0.4, 0.5) is 0 Å². The molecule has 0 N–H and O–H groups in total. The van der Waals surface area contributed by atoms with E-state index in [9.17, 15) is 0 Å². The average molecular weight is 240 g/mol. The van der Waals surface area contributed by atoms with Crippen molar-refractivity contribution in [2.24, 2.45) is 0 Å². The molecule has 17 heavy (non-hydrogen) atoms. The lowest BCUT2D eigenvalue weighted by Gasteiger charge is -2.14. The van der Waals surface area contributed by atoms with E-state index in [2.05, 4.69) is 0 Å². The lowest BCUT2D eigenvalue weighted by Crippen LogP contribution is -2.10. The van der Waals surface area contributed by atoms with Gasteiger partial charge in [-0.15, -0.1) is 0 Å². The van der Waals surface area contributed by atoms with Crippen molar-refractivity contribution >= 4 is 0 Å². The van der Waals surface area contributed by atoms with E-state index >= 15 is 0 Å². The molecule has 0 aromatic rings. The van der Waals surface area contributed by atoms with Crippen molar-refractivity contribution in [2.75, 3.05) is 7.11 Å². The second kappa shape index (κ2) is 11.1. The summed E-state index contributed by atoms with van der Waals surface area (Å²) in [6.07, 6.45) is 20.4. The molecule has 0 bridgehead atoms. The van der Waals surface area contributed by atoms with Gasteiger partial charge in [0.1, 0.15) is 0 Å². The molecular formula is C16H32O. The van der Waals surface area contributed by atoms with Crippen LogP contribution in [0, 0.1) is 0 Å². The summed E-state index contributed by atoms with van der Waals surface area (Å²) in [5.74, 6) is 0. The summed E-state index contributed by atoms with van der Waals surface area (Å²) < 4.78 is 5.58. The van der Waals surface area contributed by atoms with Crippen LogP contribution in [0.1, 0.15) is 89.9 Å². The van der Waals surface area contributed by atoms with Crippen molar-refractivity contribution in [3.63, 3.8) is 0 Å². The van der Waals surface area contributed by atoms with Gasteiger partial charge in [-0.2, -0.15) is 0 Å². The lowest BCUT2D eigenvalue weighted by atomic mass is 10.0. The fraction of sp³-hybridized carbons (Fsp3) is 1.00. The average Bonchev–Trinajstić information content (AvgIpc) is 2.36.